The molecule has 1 spiro atoms. The van der Waals surface area contributed by atoms with Crippen molar-refractivity contribution in [1.29, 1.82) is 0 Å². The predicted molar refractivity (Wildman–Crippen MR) is 79.1 cm³/mol. The number of ether oxygens (including phenoxy) is 1. The van der Waals surface area contributed by atoms with E-state index in [1.54, 1.807) is 11.2 Å². The highest BCUT2D eigenvalue weighted by atomic mass is 16.6. The summed E-state index contributed by atoms with van der Waals surface area (Å²) in [5, 5.41) is 3.61. The Morgan fingerprint density at radius 3 is 2.76 bits per heavy atom. The maximum atomic E-state index is 12.1. The summed E-state index contributed by atoms with van der Waals surface area (Å²) in [7, 11) is 0. The number of rotatable bonds is 0. The summed E-state index contributed by atoms with van der Waals surface area (Å²) in [5.41, 5.74) is 0.762. The molecule has 0 saturated carbocycles. The van der Waals surface area contributed by atoms with Crippen LogP contribution >= 0.6 is 0 Å². The molecule has 2 aliphatic heterocycles. The predicted octanol–water partition coefficient (Wildman–Crippen LogP) is 2.65. The number of piperidine rings is 1. The summed E-state index contributed by atoms with van der Waals surface area (Å²) in [6.07, 6.45) is 4.32. The van der Waals surface area contributed by atoms with Crippen molar-refractivity contribution >= 4 is 6.09 Å². The quantitative estimate of drug-likeness (QED) is 0.798. The van der Waals surface area contributed by atoms with E-state index in [-0.39, 0.29) is 11.6 Å². The van der Waals surface area contributed by atoms with Gasteiger partial charge in [0, 0.05) is 19.6 Å². The van der Waals surface area contributed by atoms with Crippen LogP contribution < -0.4 is 5.32 Å². The monoisotopic (exact) mass is 292 g/mol. The van der Waals surface area contributed by atoms with Crippen molar-refractivity contribution in [2.24, 2.45) is 0 Å². The second-order valence-electron chi connectivity index (χ2n) is 7.00. The summed E-state index contributed by atoms with van der Waals surface area (Å²) in [6.45, 7) is 8.06. The molecule has 0 atom stereocenters. The minimum absolute atomic E-state index is 0.102. The lowest BCUT2D eigenvalue weighted by Gasteiger charge is -2.43. The first kappa shape index (κ1) is 14.4. The van der Waals surface area contributed by atoms with E-state index in [1.807, 2.05) is 20.8 Å². The Morgan fingerprint density at radius 1 is 1.38 bits per heavy atom. The van der Waals surface area contributed by atoms with Gasteiger partial charge >= 0.3 is 6.09 Å². The first-order chi connectivity index (χ1) is 9.90. The molecule has 1 aromatic heterocycles. The Kier molecular flexibility index (Phi) is 3.48. The molecule has 0 aromatic carbocycles. The summed E-state index contributed by atoms with van der Waals surface area (Å²) in [5.74, 6) is 1.07. The maximum absolute atomic E-state index is 12.1. The first-order valence-corrected chi connectivity index (χ1v) is 7.69. The third-order valence-electron chi connectivity index (χ3n) is 4.31. The molecular weight excluding hydrogens is 268 g/mol. The molecule has 1 fully saturated rings. The maximum Gasteiger partial charge on any atom is 0.410 e. The summed E-state index contributed by atoms with van der Waals surface area (Å²) in [4.78, 5) is 13.9. The van der Waals surface area contributed by atoms with Gasteiger partial charge in [0.05, 0.1) is 11.8 Å². The normalized spacial score (nSPS) is 21.2. The van der Waals surface area contributed by atoms with Crippen molar-refractivity contribution in [3.8, 4) is 0 Å². The minimum atomic E-state index is -0.441. The Morgan fingerprint density at radius 2 is 2.10 bits per heavy atom. The number of nitrogens with zero attached hydrogens (tertiary/aromatic N) is 1. The van der Waals surface area contributed by atoms with Gasteiger partial charge in [-0.2, -0.15) is 0 Å². The molecule has 0 aliphatic carbocycles. The van der Waals surface area contributed by atoms with Crippen molar-refractivity contribution in [3.05, 3.63) is 23.7 Å². The lowest BCUT2D eigenvalue weighted by atomic mass is 9.80. The summed E-state index contributed by atoms with van der Waals surface area (Å²) < 4.78 is 11.2. The molecule has 21 heavy (non-hydrogen) atoms. The molecule has 1 N–H and O–H groups in total. The van der Waals surface area contributed by atoms with Gasteiger partial charge in [0.25, 0.3) is 0 Å². The Bertz CT molecular complexity index is 522. The van der Waals surface area contributed by atoms with Gasteiger partial charge in [0.15, 0.2) is 0 Å². The smallest absolute Gasteiger partial charge is 0.410 e. The second-order valence-corrected chi connectivity index (χ2v) is 7.00. The van der Waals surface area contributed by atoms with Crippen molar-refractivity contribution in [2.75, 3.05) is 19.6 Å². The standard InChI is InChI=1S/C16H24N2O3/c1-15(2,3)21-14(19)18-9-6-16(7-10-18)13-12(4-8-17-16)5-11-20-13/h5,11,17H,4,6-10H2,1-3H3. The number of carbonyl (C=O) groups excluding carboxylic acids is 1. The molecule has 0 unspecified atom stereocenters. The van der Waals surface area contributed by atoms with E-state index in [1.165, 1.54) is 5.56 Å². The van der Waals surface area contributed by atoms with E-state index in [0.717, 1.165) is 31.6 Å². The first-order valence-electron chi connectivity index (χ1n) is 7.69. The van der Waals surface area contributed by atoms with Crippen LogP contribution in [0.4, 0.5) is 4.79 Å². The number of carbonyl (C=O) groups is 1. The van der Waals surface area contributed by atoms with Crippen LogP contribution in [-0.2, 0) is 16.7 Å². The molecule has 1 aromatic rings. The van der Waals surface area contributed by atoms with Crippen LogP contribution in [0.3, 0.4) is 0 Å². The van der Waals surface area contributed by atoms with Gasteiger partial charge in [0.1, 0.15) is 11.4 Å². The van der Waals surface area contributed by atoms with E-state index < -0.39 is 5.60 Å². The van der Waals surface area contributed by atoms with Crippen molar-refractivity contribution in [3.63, 3.8) is 0 Å². The van der Waals surface area contributed by atoms with Gasteiger partial charge in [-0.25, -0.2) is 4.79 Å². The lowest BCUT2D eigenvalue weighted by Crippen LogP contribution is -2.55. The molecule has 0 bridgehead atoms. The van der Waals surface area contributed by atoms with Gasteiger partial charge in [-0.3, -0.25) is 0 Å². The molecule has 5 nitrogen and oxygen atoms in total. The van der Waals surface area contributed by atoms with Gasteiger partial charge in [-0.05, 0) is 51.7 Å². The zero-order valence-electron chi connectivity index (χ0n) is 13.1. The average molecular weight is 292 g/mol. The Balaban J connectivity index is 1.68. The van der Waals surface area contributed by atoms with E-state index >= 15 is 0 Å². The molecule has 3 heterocycles. The molecule has 1 amide bonds. The van der Waals surface area contributed by atoms with Gasteiger partial charge in [-0.15, -0.1) is 0 Å². The van der Waals surface area contributed by atoms with Crippen LogP contribution in [0.5, 0.6) is 0 Å². The number of nitrogens with one attached hydrogen (secondary N) is 1. The number of likely N-dealkylation sites (tertiary alicyclic amines) is 1. The fourth-order valence-corrected chi connectivity index (χ4v) is 3.27. The van der Waals surface area contributed by atoms with E-state index in [4.69, 9.17) is 9.15 Å². The third kappa shape index (κ3) is 2.79. The summed E-state index contributed by atoms with van der Waals surface area (Å²) in [6, 6.07) is 2.07. The Hall–Kier alpha value is -1.49. The van der Waals surface area contributed by atoms with Crippen LogP contribution in [0.2, 0.25) is 0 Å². The zero-order valence-corrected chi connectivity index (χ0v) is 13.1. The lowest BCUT2D eigenvalue weighted by molar-refractivity contribution is 0.0121. The van der Waals surface area contributed by atoms with Crippen molar-refractivity contribution in [1.82, 2.24) is 10.2 Å². The van der Waals surface area contributed by atoms with E-state index in [0.29, 0.717) is 13.1 Å². The fraction of sp³-hybridized carbons (Fsp3) is 0.688. The highest BCUT2D eigenvalue weighted by molar-refractivity contribution is 5.68. The molecule has 2 aliphatic rings. The number of hydrogen-bond acceptors (Lipinski definition) is 4. The molecule has 5 heteroatoms. The minimum Gasteiger partial charge on any atom is -0.467 e. The zero-order chi connectivity index (χ0) is 15.1. The van der Waals surface area contributed by atoms with Gasteiger partial charge in [0.2, 0.25) is 0 Å². The van der Waals surface area contributed by atoms with Crippen LogP contribution in [0.1, 0.15) is 44.9 Å². The van der Waals surface area contributed by atoms with Crippen LogP contribution in [-0.4, -0.2) is 36.2 Å². The molecule has 1 saturated heterocycles. The summed E-state index contributed by atoms with van der Waals surface area (Å²) >= 11 is 0. The molecule has 116 valence electrons. The van der Waals surface area contributed by atoms with Crippen LogP contribution in [0.15, 0.2) is 16.7 Å². The second kappa shape index (κ2) is 5.05. The molecule has 3 rings (SSSR count). The highest BCUT2D eigenvalue weighted by Gasteiger charge is 2.43. The van der Waals surface area contributed by atoms with E-state index in [2.05, 4.69) is 11.4 Å². The molecule has 0 radical (unpaired) electrons. The Labute approximate surface area is 125 Å². The van der Waals surface area contributed by atoms with Gasteiger partial charge < -0.3 is 19.4 Å². The van der Waals surface area contributed by atoms with Gasteiger partial charge in [-0.1, -0.05) is 0 Å². The number of hydrogen-bond donors (Lipinski definition) is 1. The van der Waals surface area contributed by atoms with Crippen LogP contribution in [0, 0.1) is 0 Å². The number of furan rings is 1. The number of amides is 1. The fourth-order valence-electron chi connectivity index (χ4n) is 3.27. The average Bonchev–Trinajstić information content (AvgIpc) is 2.87. The largest absolute Gasteiger partial charge is 0.467 e. The topological polar surface area (TPSA) is 54.7 Å². The van der Waals surface area contributed by atoms with E-state index in [9.17, 15) is 4.79 Å². The van der Waals surface area contributed by atoms with Crippen LogP contribution in [0.25, 0.3) is 0 Å². The van der Waals surface area contributed by atoms with Crippen molar-refractivity contribution in [2.45, 2.75) is 51.2 Å². The molecular formula is C16H24N2O3. The SMILES string of the molecule is CC(C)(C)OC(=O)N1CCC2(CC1)NCCc1ccoc12. The number of fused-ring (bicyclic) bond motifs is 2. The highest BCUT2D eigenvalue weighted by Crippen LogP contribution is 2.38. The van der Waals surface area contributed by atoms with Crippen molar-refractivity contribution < 1.29 is 13.9 Å². The third-order valence-corrected chi connectivity index (χ3v) is 4.31.